The van der Waals surface area contributed by atoms with Crippen LogP contribution in [0.5, 0.6) is 0 Å². The molecule has 0 unspecified atom stereocenters. The maximum absolute atomic E-state index is 12.2. The summed E-state index contributed by atoms with van der Waals surface area (Å²) < 4.78 is 5.07. The van der Waals surface area contributed by atoms with E-state index in [0.29, 0.717) is 6.61 Å². The number of benzene rings is 1. The van der Waals surface area contributed by atoms with E-state index < -0.39 is 0 Å². The molecule has 4 nitrogen and oxygen atoms in total. The highest BCUT2D eigenvalue weighted by molar-refractivity contribution is 5.78. The van der Waals surface area contributed by atoms with Gasteiger partial charge in [0.25, 0.3) is 0 Å². The third kappa shape index (κ3) is 5.63. The van der Waals surface area contributed by atoms with Gasteiger partial charge in [0.2, 0.25) is 5.91 Å². The molecule has 0 bridgehead atoms. The summed E-state index contributed by atoms with van der Waals surface area (Å²) in [6.45, 7) is 7.96. The van der Waals surface area contributed by atoms with Gasteiger partial charge in [-0.05, 0) is 18.9 Å². The number of methoxy groups -OCH3 is 1. The van der Waals surface area contributed by atoms with Gasteiger partial charge in [0.1, 0.15) is 6.54 Å². The molecule has 1 aromatic rings. The van der Waals surface area contributed by atoms with Gasteiger partial charge in [0.05, 0.1) is 19.7 Å². The Kier molecular flexibility index (Phi) is 7.06. The topological polar surface area (TPSA) is 42.8 Å². The highest BCUT2D eigenvalue weighted by atomic mass is 16.5. The number of hydrogen-bond donors (Lipinski definition) is 2. The van der Waals surface area contributed by atoms with Gasteiger partial charge in [0.15, 0.2) is 0 Å². The van der Waals surface area contributed by atoms with E-state index in [1.54, 1.807) is 12.0 Å². The van der Waals surface area contributed by atoms with Crippen LogP contribution < -0.4 is 10.2 Å². The summed E-state index contributed by atoms with van der Waals surface area (Å²) in [5, 5.41) is 3.05. The molecule has 4 heteroatoms. The smallest absolute Gasteiger partial charge is 0.223 e. The number of aryl methyl sites for hydroxylation is 1. The van der Waals surface area contributed by atoms with Crippen molar-refractivity contribution in [1.82, 2.24) is 5.32 Å². The molecule has 1 aliphatic rings. The molecule has 0 saturated carbocycles. The minimum absolute atomic E-state index is 0.0926. The number of quaternary nitrogens is 1. The van der Waals surface area contributed by atoms with Crippen LogP contribution in [-0.2, 0) is 22.5 Å². The average molecular weight is 319 g/mol. The van der Waals surface area contributed by atoms with Crippen molar-refractivity contribution in [3.8, 4) is 0 Å². The van der Waals surface area contributed by atoms with Gasteiger partial charge in [-0.3, -0.25) is 4.79 Å². The van der Waals surface area contributed by atoms with Crippen molar-refractivity contribution < 1.29 is 14.4 Å². The van der Waals surface area contributed by atoms with Crippen LogP contribution in [0.15, 0.2) is 24.3 Å². The quantitative estimate of drug-likeness (QED) is 0.793. The fourth-order valence-electron chi connectivity index (χ4n) is 3.30. The van der Waals surface area contributed by atoms with Crippen molar-refractivity contribution in [3.63, 3.8) is 0 Å². The first-order valence-corrected chi connectivity index (χ1v) is 8.83. The van der Waals surface area contributed by atoms with Crippen molar-refractivity contribution >= 4 is 5.91 Å². The Hall–Kier alpha value is -1.39. The number of ether oxygens (including phenoxy) is 1. The van der Waals surface area contributed by atoms with Crippen LogP contribution in [0.3, 0.4) is 0 Å². The van der Waals surface area contributed by atoms with E-state index in [1.807, 2.05) is 6.92 Å². The normalized spacial score (nSPS) is 22.6. The van der Waals surface area contributed by atoms with Crippen LogP contribution in [0.25, 0.3) is 0 Å². The zero-order valence-electron chi connectivity index (χ0n) is 14.7. The maximum atomic E-state index is 12.2. The van der Waals surface area contributed by atoms with E-state index in [1.165, 1.54) is 11.1 Å². The minimum atomic E-state index is 0.0926. The predicted molar refractivity (Wildman–Crippen MR) is 92.4 cm³/mol. The first-order chi connectivity index (χ1) is 11.1. The molecule has 2 rings (SSSR count). The number of carbonyl (C=O) groups excluding carboxylic acids is 1. The third-order valence-electron chi connectivity index (χ3n) is 4.75. The molecule has 1 fully saturated rings. The second-order valence-corrected chi connectivity index (χ2v) is 6.74. The number of hydrogen-bond acceptors (Lipinski definition) is 2. The van der Waals surface area contributed by atoms with Crippen LogP contribution in [0.1, 0.15) is 37.8 Å². The first kappa shape index (κ1) is 18.0. The van der Waals surface area contributed by atoms with Crippen molar-refractivity contribution in [2.75, 3.05) is 26.8 Å². The van der Waals surface area contributed by atoms with E-state index in [-0.39, 0.29) is 17.9 Å². The van der Waals surface area contributed by atoms with E-state index in [9.17, 15) is 4.79 Å². The highest BCUT2D eigenvalue weighted by Crippen LogP contribution is 2.11. The van der Waals surface area contributed by atoms with Crippen LogP contribution in [0.4, 0.5) is 0 Å². The third-order valence-corrected chi connectivity index (χ3v) is 4.75. The van der Waals surface area contributed by atoms with Gasteiger partial charge in [0, 0.05) is 37.5 Å². The fraction of sp³-hybridized carbons (Fsp3) is 0.632. The lowest BCUT2D eigenvalue weighted by Crippen LogP contribution is -3.11. The SMILES string of the molecule is CCc1ccc(C[NH+]2CCC(C(=O)N[C@H](C)COC)CC2)cc1. The van der Waals surface area contributed by atoms with Gasteiger partial charge in [-0.1, -0.05) is 31.2 Å². The summed E-state index contributed by atoms with van der Waals surface area (Å²) in [6, 6.07) is 9.04. The van der Waals surface area contributed by atoms with Crippen LogP contribution in [-0.4, -0.2) is 38.8 Å². The molecule has 0 radical (unpaired) electrons. The summed E-state index contributed by atoms with van der Waals surface area (Å²) in [4.78, 5) is 13.8. The number of nitrogens with one attached hydrogen (secondary N) is 2. The predicted octanol–water partition coefficient (Wildman–Crippen LogP) is 1.20. The zero-order valence-corrected chi connectivity index (χ0v) is 14.7. The molecule has 1 amide bonds. The Morgan fingerprint density at radius 2 is 1.87 bits per heavy atom. The Balaban J connectivity index is 1.75. The highest BCUT2D eigenvalue weighted by Gasteiger charge is 2.28. The standard InChI is InChI=1S/C19H30N2O2/c1-4-16-5-7-17(8-6-16)13-21-11-9-18(10-12-21)19(22)20-15(2)14-23-3/h5-8,15,18H,4,9-14H2,1-3H3,(H,20,22)/p+1/t15-/m1/s1. The van der Waals surface area contributed by atoms with E-state index in [0.717, 1.165) is 38.9 Å². The Labute approximate surface area is 140 Å². The monoisotopic (exact) mass is 319 g/mol. The molecule has 1 aromatic carbocycles. The molecule has 2 N–H and O–H groups in total. The van der Waals surface area contributed by atoms with Crippen LogP contribution in [0.2, 0.25) is 0 Å². The number of piperidine rings is 1. The molecule has 1 atom stereocenters. The van der Waals surface area contributed by atoms with E-state index >= 15 is 0 Å². The number of amides is 1. The Morgan fingerprint density at radius 1 is 1.26 bits per heavy atom. The molecular formula is C19H31N2O2+. The van der Waals surface area contributed by atoms with Gasteiger partial charge >= 0.3 is 0 Å². The molecule has 1 heterocycles. The summed E-state index contributed by atoms with van der Waals surface area (Å²) in [6.07, 6.45) is 3.05. The first-order valence-electron chi connectivity index (χ1n) is 8.83. The lowest BCUT2D eigenvalue weighted by Gasteiger charge is -2.29. The second-order valence-electron chi connectivity index (χ2n) is 6.74. The summed E-state index contributed by atoms with van der Waals surface area (Å²) in [5.74, 6) is 0.362. The van der Waals surface area contributed by atoms with Gasteiger partial charge in [-0.25, -0.2) is 0 Å². The van der Waals surface area contributed by atoms with Crippen molar-refractivity contribution in [1.29, 1.82) is 0 Å². The van der Waals surface area contributed by atoms with Gasteiger partial charge < -0.3 is 15.0 Å². The molecule has 1 aliphatic heterocycles. The lowest BCUT2D eigenvalue weighted by atomic mass is 9.95. The minimum Gasteiger partial charge on any atom is -0.383 e. The molecule has 0 aliphatic carbocycles. The number of carbonyl (C=O) groups is 1. The largest absolute Gasteiger partial charge is 0.383 e. The van der Waals surface area contributed by atoms with E-state index in [2.05, 4.69) is 36.5 Å². The number of likely N-dealkylation sites (tertiary alicyclic amines) is 1. The molecule has 23 heavy (non-hydrogen) atoms. The lowest BCUT2D eigenvalue weighted by molar-refractivity contribution is -0.919. The summed E-state index contributed by atoms with van der Waals surface area (Å²) >= 11 is 0. The Bertz CT molecular complexity index is 479. The van der Waals surface area contributed by atoms with Gasteiger partial charge in [-0.2, -0.15) is 0 Å². The van der Waals surface area contributed by atoms with Crippen molar-refractivity contribution in [2.24, 2.45) is 5.92 Å². The van der Waals surface area contributed by atoms with Crippen LogP contribution in [0, 0.1) is 5.92 Å². The molecule has 0 spiro atoms. The summed E-state index contributed by atoms with van der Waals surface area (Å²) in [5.41, 5.74) is 2.79. The zero-order chi connectivity index (χ0) is 16.7. The molecule has 0 aromatic heterocycles. The second kappa shape index (κ2) is 9.04. The molecule has 1 saturated heterocycles. The van der Waals surface area contributed by atoms with Crippen LogP contribution >= 0.6 is 0 Å². The Morgan fingerprint density at radius 3 is 2.43 bits per heavy atom. The van der Waals surface area contributed by atoms with E-state index in [4.69, 9.17) is 4.74 Å². The van der Waals surface area contributed by atoms with Crippen molar-refractivity contribution in [2.45, 2.75) is 45.7 Å². The average Bonchev–Trinajstić information content (AvgIpc) is 2.56. The summed E-state index contributed by atoms with van der Waals surface area (Å²) in [7, 11) is 1.66. The molecule has 128 valence electrons. The van der Waals surface area contributed by atoms with Gasteiger partial charge in [-0.15, -0.1) is 0 Å². The van der Waals surface area contributed by atoms with Crippen molar-refractivity contribution in [3.05, 3.63) is 35.4 Å². The number of rotatable bonds is 7. The fourth-order valence-corrected chi connectivity index (χ4v) is 3.30. The molecular weight excluding hydrogens is 288 g/mol. The maximum Gasteiger partial charge on any atom is 0.223 e.